The van der Waals surface area contributed by atoms with Gasteiger partial charge in [0, 0.05) is 31.7 Å². The van der Waals surface area contributed by atoms with Gasteiger partial charge < -0.3 is 14.9 Å². The van der Waals surface area contributed by atoms with Crippen LogP contribution in [0.15, 0.2) is 24.3 Å². The monoisotopic (exact) mass is 296 g/mol. The second kappa shape index (κ2) is 7.61. The highest BCUT2D eigenvalue weighted by atomic mass is 19.1. The van der Waals surface area contributed by atoms with E-state index in [0.717, 1.165) is 0 Å². The number of aliphatic carboxylic acids is 1. The van der Waals surface area contributed by atoms with Crippen molar-refractivity contribution >= 4 is 12.0 Å². The molecule has 0 unspecified atom stereocenters. The van der Waals surface area contributed by atoms with Crippen molar-refractivity contribution in [2.75, 3.05) is 13.6 Å². The number of halogens is 1. The lowest BCUT2D eigenvalue weighted by molar-refractivity contribution is -0.137. The molecule has 0 radical (unpaired) electrons. The molecule has 0 aromatic heterocycles. The lowest BCUT2D eigenvalue weighted by atomic mass is 10.2. The first kappa shape index (κ1) is 16.9. The number of carboxylic acids is 1. The Hall–Kier alpha value is -2.11. The summed E-state index contributed by atoms with van der Waals surface area (Å²) >= 11 is 0. The SMILES string of the molecule is CC(C)N(CCC(=O)O)C(=O)N(C)Cc1ccccc1F. The molecule has 0 aliphatic heterocycles. The molecule has 0 atom stereocenters. The third-order valence-electron chi connectivity index (χ3n) is 3.13. The number of carbonyl (C=O) groups excluding carboxylic acids is 1. The Bertz CT molecular complexity index is 505. The molecule has 1 aromatic rings. The molecular formula is C15H21FN2O3. The maximum atomic E-state index is 13.6. The van der Waals surface area contributed by atoms with E-state index in [9.17, 15) is 14.0 Å². The van der Waals surface area contributed by atoms with E-state index in [1.165, 1.54) is 15.9 Å². The fraction of sp³-hybridized carbons (Fsp3) is 0.467. The Morgan fingerprint density at radius 2 is 1.90 bits per heavy atom. The van der Waals surface area contributed by atoms with E-state index in [4.69, 9.17) is 5.11 Å². The van der Waals surface area contributed by atoms with Gasteiger partial charge in [0.05, 0.1) is 6.42 Å². The molecule has 0 saturated carbocycles. The van der Waals surface area contributed by atoms with Crippen molar-refractivity contribution in [2.24, 2.45) is 0 Å². The van der Waals surface area contributed by atoms with Crippen LogP contribution in [0.2, 0.25) is 0 Å². The third kappa shape index (κ3) is 5.06. The summed E-state index contributed by atoms with van der Waals surface area (Å²) in [5, 5.41) is 8.73. The molecule has 0 fully saturated rings. The number of urea groups is 1. The molecule has 21 heavy (non-hydrogen) atoms. The summed E-state index contributed by atoms with van der Waals surface area (Å²) in [5.41, 5.74) is 0.426. The van der Waals surface area contributed by atoms with Crippen LogP contribution in [0.4, 0.5) is 9.18 Å². The normalized spacial score (nSPS) is 10.5. The predicted molar refractivity (Wildman–Crippen MR) is 77.4 cm³/mol. The smallest absolute Gasteiger partial charge is 0.320 e. The molecule has 0 heterocycles. The Morgan fingerprint density at radius 1 is 1.29 bits per heavy atom. The Kier molecular flexibility index (Phi) is 6.14. The van der Waals surface area contributed by atoms with Crippen molar-refractivity contribution in [3.63, 3.8) is 0 Å². The van der Waals surface area contributed by atoms with Crippen LogP contribution in [0.5, 0.6) is 0 Å². The van der Waals surface area contributed by atoms with E-state index in [0.29, 0.717) is 5.56 Å². The molecule has 0 saturated heterocycles. The molecule has 1 aromatic carbocycles. The average molecular weight is 296 g/mol. The first-order valence-corrected chi connectivity index (χ1v) is 6.80. The van der Waals surface area contributed by atoms with Gasteiger partial charge in [0.1, 0.15) is 5.82 Å². The maximum absolute atomic E-state index is 13.6. The molecule has 1 rings (SSSR count). The minimum absolute atomic E-state index is 0.114. The number of hydrogen-bond acceptors (Lipinski definition) is 2. The predicted octanol–water partition coefficient (Wildman–Crippen LogP) is 2.56. The van der Waals surface area contributed by atoms with Crippen LogP contribution < -0.4 is 0 Å². The Morgan fingerprint density at radius 3 is 2.43 bits per heavy atom. The van der Waals surface area contributed by atoms with Crippen LogP contribution in [-0.2, 0) is 11.3 Å². The second-order valence-electron chi connectivity index (χ2n) is 5.16. The van der Waals surface area contributed by atoms with Gasteiger partial charge >= 0.3 is 12.0 Å². The maximum Gasteiger partial charge on any atom is 0.320 e. The fourth-order valence-corrected chi connectivity index (χ4v) is 1.96. The van der Waals surface area contributed by atoms with E-state index in [-0.39, 0.29) is 37.4 Å². The average Bonchev–Trinajstić information content (AvgIpc) is 2.40. The van der Waals surface area contributed by atoms with E-state index in [1.54, 1.807) is 25.2 Å². The molecule has 0 spiro atoms. The number of nitrogens with zero attached hydrogens (tertiary/aromatic N) is 2. The van der Waals surface area contributed by atoms with Gasteiger partial charge in [-0.1, -0.05) is 18.2 Å². The molecule has 0 bridgehead atoms. The Labute approximate surface area is 124 Å². The number of carboxylic acid groups (broad SMARTS) is 1. The van der Waals surface area contributed by atoms with Gasteiger partial charge in [-0.3, -0.25) is 4.79 Å². The summed E-state index contributed by atoms with van der Waals surface area (Å²) in [4.78, 5) is 25.9. The summed E-state index contributed by atoms with van der Waals surface area (Å²) < 4.78 is 13.6. The fourth-order valence-electron chi connectivity index (χ4n) is 1.96. The lowest BCUT2D eigenvalue weighted by Gasteiger charge is -2.31. The number of rotatable bonds is 6. The van der Waals surface area contributed by atoms with E-state index in [1.807, 2.05) is 13.8 Å². The van der Waals surface area contributed by atoms with Crippen LogP contribution in [0, 0.1) is 5.82 Å². The van der Waals surface area contributed by atoms with Gasteiger partial charge in [-0.15, -0.1) is 0 Å². The lowest BCUT2D eigenvalue weighted by Crippen LogP contribution is -2.45. The summed E-state index contributed by atoms with van der Waals surface area (Å²) in [6.07, 6.45) is -0.114. The van der Waals surface area contributed by atoms with Gasteiger partial charge in [-0.25, -0.2) is 9.18 Å². The van der Waals surface area contributed by atoms with E-state index < -0.39 is 5.97 Å². The number of carbonyl (C=O) groups is 2. The highest BCUT2D eigenvalue weighted by Crippen LogP contribution is 2.12. The van der Waals surface area contributed by atoms with Gasteiger partial charge in [0.25, 0.3) is 0 Å². The minimum atomic E-state index is -0.954. The van der Waals surface area contributed by atoms with Crippen molar-refractivity contribution in [3.05, 3.63) is 35.6 Å². The van der Waals surface area contributed by atoms with Crippen molar-refractivity contribution in [1.29, 1.82) is 0 Å². The van der Waals surface area contributed by atoms with Crippen LogP contribution >= 0.6 is 0 Å². The van der Waals surface area contributed by atoms with Crippen molar-refractivity contribution in [3.8, 4) is 0 Å². The molecule has 5 nitrogen and oxygen atoms in total. The Balaban J connectivity index is 2.74. The van der Waals surface area contributed by atoms with E-state index in [2.05, 4.69) is 0 Å². The summed E-state index contributed by atoms with van der Waals surface area (Å²) in [5.74, 6) is -1.32. The number of benzene rings is 1. The van der Waals surface area contributed by atoms with Gasteiger partial charge in [0.15, 0.2) is 0 Å². The molecule has 6 heteroatoms. The molecule has 0 aliphatic carbocycles. The standard InChI is InChI=1S/C15H21FN2O3/c1-11(2)18(9-8-14(19)20)15(21)17(3)10-12-6-4-5-7-13(12)16/h4-7,11H,8-10H2,1-3H3,(H,19,20). The quantitative estimate of drug-likeness (QED) is 0.877. The summed E-state index contributed by atoms with van der Waals surface area (Å²) in [6.45, 7) is 3.91. The van der Waals surface area contributed by atoms with Gasteiger partial charge in [-0.05, 0) is 19.9 Å². The van der Waals surface area contributed by atoms with Crippen LogP contribution in [0.3, 0.4) is 0 Å². The van der Waals surface area contributed by atoms with Crippen molar-refractivity contribution < 1.29 is 19.1 Å². The van der Waals surface area contributed by atoms with Gasteiger partial charge in [0.2, 0.25) is 0 Å². The molecule has 116 valence electrons. The molecule has 0 aliphatic rings. The number of amides is 2. The second-order valence-corrected chi connectivity index (χ2v) is 5.16. The summed E-state index contributed by atoms with van der Waals surface area (Å²) in [7, 11) is 1.57. The topological polar surface area (TPSA) is 60.9 Å². The highest BCUT2D eigenvalue weighted by molar-refractivity contribution is 5.75. The van der Waals surface area contributed by atoms with E-state index >= 15 is 0 Å². The molecular weight excluding hydrogens is 275 g/mol. The van der Waals surface area contributed by atoms with Crippen molar-refractivity contribution in [1.82, 2.24) is 9.80 Å². The highest BCUT2D eigenvalue weighted by Gasteiger charge is 2.22. The summed E-state index contributed by atoms with van der Waals surface area (Å²) in [6, 6.07) is 5.83. The number of hydrogen-bond donors (Lipinski definition) is 1. The van der Waals surface area contributed by atoms with Gasteiger partial charge in [-0.2, -0.15) is 0 Å². The minimum Gasteiger partial charge on any atom is -0.481 e. The molecule has 1 N–H and O–H groups in total. The van der Waals surface area contributed by atoms with Crippen LogP contribution in [0.1, 0.15) is 25.8 Å². The third-order valence-corrected chi connectivity index (χ3v) is 3.13. The zero-order chi connectivity index (χ0) is 16.0. The van der Waals surface area contributed by atoms with Crippen molar-refractivity contribution in [2.45, 2.75) is 32.9 Å². The largest absolute Gasteiger partial charge is 0.481 e. The molecule has 2 amide bonds. The zero-order valence-corrected chi connectivity index (χ0v) is 12.5. The zero-order valence-electron chi connectivity index (χ0n) is 12.5. The van der Waals surface area contributed by atoms with Crippen LogP contribution in [0.25, 0.3) is 0 Å². The first-order chi connectivity index (χ1) is 9.82. The van der Waals surface area contributed by atoms with Crippen LogP contribution in [-0.4, -0.2) is 46.5 Å². The first-order valence-electron chi connectivity index (χ1n) is 6.80.